The first kappa shape index (κ1) is 5.69. The summed E-state index contributed by atoms with van der Waals surface area (Å²) in [5.41, 5.74) is 0. The minimum absolute atomic E-state index is 0.939. The van der Waals surface area contributed by atoms with Gasteiger partial charge in [-0.1, -0.05) is 0 Å². The first-order valence-electron chi connectivity index (χ1n) is 3.78. The van der Waals surface area contributed by atoms with E-state index < -0.39 is 0 Å². The van der Waals surface area contributed by atoms with Gasteiger partial charge in [0.25, 0.3) is 0 Å². The van der Waals surface area contributed by atoms with Crippen molar-refractivity contribution in [2.45, 2.75) is 18.9 Å². The Morgan fingerprint density at radius 3 is 2.33 bits per heavy atom. The molecule has 1 saturated carbocycles. The van der Waals surface area contributed by atoms with Gasteiger partial charge in [0.15, 0.2) is 0 Å². The fraction of sp³-hybridized carbons (Fsp3) is 1.00. The first-order chi connectivity index (χ1) is 4.47. The molecule has 52 valence electrons. The Morgan fingerprint density at radius 1 is 1.11 bits per heavy atom. The van der Waals surface area contributed by atoms with Gasteiger partial charge >= 0.3 is 0 Å². The maximum Gasteiger partial charge on any atom is 0.0594 e. The van der Waals surface area contributed by atoms with Crippen LogP contribution in [-0.2, 0) is 4.74 Å². The fourth-order valence-electron chi connectivity index (χ4n) is 1.38. The SMILES string of the molecule is C1CN(C2CC2)CCO1. The Balaban J connectivity index is 1.80. The Bertz CT molecular complexity index is 95.1. The highest BCUT2D eigenvalue weighted by Crippen LogP contribution is 2.26. The van der Waals surface area contributed by atoms with Crippen LogP contribution >= 0.6 is 0 Å². The minimum atomic E-state index is 0.939. The van der Waals surface area contributed by atoms with Crippen LogP contribution in [0.3, 0.4) is 0 Å². The van der Waals surface area contributed by atoms with Crippen molar-refractivity contribution >= 4 is 0 Å². The van der Waals surface area contributed by atoms with Gasteiger partial charge in [-0.15, -0.1) is 0 Å². The molecule has 0 N–H and O–H groups in total. The van der Waals surface area contributed by atoms with Gasteiger partial charge < -0.3 is 4.74 Å². The van der Waals surface area contributed by atoms with Gasteiger partial charge in [-0.3, -0.25) is 4.90 Å². The summed E-state index contributed by atoms with van der Waals surface area (Å²) in [6, 6.07) is 0.939. The van der Waals surface area contributed by atoms with Crippen molar-refractivity contribution < 1.29 is 4.74 Å². The summed E-state index contributed by atoms with van der Waals surface area (Å²) in [5.74, 6) is 0. The van der Waals surface area contributed by atoms with E-state index in [1.54, 1.807) is 0 Å². The van der Waals surface area contributed by atoms with Gasteiger partial charge in [-0.05, 0) is 12.8 Å². The lowest BCUT2D eigenvalue weighted by atomic mass is 10.4. The largest absolute Gasteiger partial charge is 0.379 e. The first-order valence-corrected chi connectivity index (χ1v) is 3.78. The van der Waals surface area contributed by atoms with E-state index in [4.69, 9.17) is 4.74 Å². The molecule has 0 atom stereocenters. The van der Waals surface area contributed by atoms with E-state index in [0.29, 0.717) is 0 Å². The Labute approximate surface area is 55.8 Å². The molecule has 1 heterocycles. The summed E-state index contributed by atoms with van der Waals surface area (Å²) >= 11 is 0. The molecule has 2 aliphatic rings. The van der Waals surface area contributed by atoms with Crippen LogP contribution in [-0.4, -0.2) is 37.2 Å². The molecule has 0 radical (unpaired) electrons. The smallest absolute Gasteiger partial charge is 0.0594 e. The van der Waals surface area contributed by atoms with Gasteiger partial charge in [0, 0.05) is 19.1 Å². The van der Waals surface area contributed by atoms with Crippen molar-refractivity contribution in [1.82, 2.24) is 4.90 Å². The third-order valence-corrected chi connectivity index (χ3v) is 2.11. The molecule has 0 aromatic heterocycles. The van der Waals surface area contributed by atoms with E-state index >= 15 is 0 Å². The molecule has 0 bridgehead atoms. The summed E-state index contributed by atoms with van der Waals surface area (Å²) in [6.07, 6.45) is 2.86. The van der Waals surface area contributed by atoms with Crippen molar-refractivity contribution in [1.29, 1.82) is 0 Å². The second-order valence-electron chi connectivity index (χ2n) is 2.88. The third-order valence-electron chi connectivity index (χ3n) is 2.11. The summed E-state index contributed by atoms with van der Waals surface area (Å²) < 4.78 is 5.24. The zero-order valence-electron chi connectivity index (χ0n) is 5.68. The van der Waals surface area contributed by atoms with Gasteiger partial charge in [0.05, 0.1) is 13.2 Å². The Hall–Kier alpha value is -0.0800. The predicted octanol–water partition coefficient (Wildman–Crippen LogP) is 0.481. The summed E-state index contributed by atoms with van der Waals surface area (Å²) in [6.45, 7) is 4.25. The molecule has 2 rings (SSSR count). The number of hydrogen-bond donors (Lipinski definition) is 0. The van der Waals surface area contributed by atoms with Crippen LogP contribution in [0.15, 0.2) is 0 Å². The number of hydrogen-bond acceptors (Lipinski definition) is 2. The Kier molecular flexibility index (Phi) is 1.44. The van der Waals surface area contributed by atoms with E-state index in [9.17, 15) is 0 Å². The lowest BCUT2D eigenvalue weighted by molar-refractivity contribution is 0.0340. The van der Waals surface area contributed by atoms with Crippen LogP contribution in [0.25, 0.3) is 0 Å². The number of rotatable bonds is 1. The summed E-state index contributed by atoms with van der Waals surface area (Å²) in [7, 11) is 0. The van der Waals surface area contributed by atoms with E-state index in [0.717, 1.165) is 19.3 Å². The van der Waals surface area contributed by atoms with E-state index in [2.05, 4.69) is 4.90 Å². The second-order valence-corrected chi connectivity index (χ2v) is 2.88. The van der Waals surface area contributed by atoms with Crippen molar-refractivity contribution in [3.05, 3.63) is 0 Å². The van der Waals surface area contributed by atoms with Crippen LogP contribution in [0.1, 0.15) is 12.8 Å². The molecular weight excluding hydrogens is 114 g/mol. The van der Waals surface area contributed by atoms with Gasteiger partial charge in [0.2, 0.25) is 0 Å². The van der Waals surface area contributed by atoms with E-state index in [1.165, 1.54) is 25.9 Å². The highest BCUT2D eigenvalue weighted by Gasteiger charge is 2.29. The molecule has 1 saturated heterocycles. The van der Waals surface area contributed by atoms with E-state index in [-0.39, 0.29) is 0 Å². The molecular formula is C7H13NO. The van der Waals surface area contributed by atoms with Crippen LogP contribution in [0.5, 0.6) is 0 Å². The average molecular weight is 127 g/mol. The molecule has 0 spiro atoms. The van der Waals surface area contributed by atoms with Crippen LogP contribution < -0.4 is 0 Å². The van der Waals surface area contributed by atoms with Crippen LogP contribution in [0.4, 0.5) is 0 Å². The lowest BCUT2D eigenvalue weighted by Crippen LogP contribution is -2.37. The van der Waals surface area contributed by atoms with Crippen molar-refractivity contribution in [3.8, 4) is 0 Å². The van der Waals surface area contributed by atoms with Crippen molar-refractivity contribution in [3.63, 3.8) is 0 Å². The topological polar surface area (TPSA) is 12.5 Å². The highest BCUT2D eigenvalue weighted by atomic mass is 16.5. The molecule has 0 amide bonds. The molecule has 0 aromatic carbocycles. The lowest BCUT2D eigenvalue weighted by Gasteiger charge is -2.26. The number of nitrogens with zero attached hydrogens (tertiary/aromatic N) is 1. The molecule has 2 nitrogen and oxygen atoms in total. The zero-order chi connectivity index (χ0) is 6.10. The maximum absolute atomic E-state index is 5.24. The molecule has 0 aromatic rings. The second kappa shape index (κ2) is 2.27. The standard InChI is InChI=1S/C7H13NO/c1-2-7(1)8-3-5-9-6-4-8/h7H,1-6H2. The molecule has 2 fully saturated rings. The molecule has 0 unspecified atom stereocenters. The molecule has 1 aliphatic heterocycles. The fourth-order valence-corrected chi connectivity index (χ4v) is 1.38. The molecule has 2 heteroatoms. The normalized spacial score (nSPS) is 30.7. The summed E-state index contributed by atoms with van der Waals surface area (Å²) in [4.78, 5) is 2.55. The van der Waals surface area contributed by atoms with Crippen LogP contribution in [0.2, 0.25) is 0 Å². The highest BCUT2D eigenvalue weighted by molar-refractivity contribution is 4.85. The maximum atomic E-state index is 5.24. The molecule has 9 heavy (non-hydrogen) atoms. The Morgan fingerprint density at radius 2 is 1.78 bits per heavy atom. The number of morpholine rings is 1. The number of ether oxygens (including phenoxy) is 1. The molecule has 1 aliphatic carbocycles. The minimum Gasteiger partial charge on any atom is -0.379 e. The van der Waals surface area contributed by atoms with Crippen molar-refractivity contribution in [2.24, 2.45) is 0 Å². The average Bonchev–Trinajstić information content (AvgIpc) is 2.71. The van der Waals surface area contributed by atoms with Crippen molar-refractivity contribution in [2.75, 3.05) is 26.3 Å². The van der Waals surface area contributed by atoms with E-state index in [1.807, 2.05) is 0 Å². The third kappa shape index (κ3) is 1.25. The van der Waals surface area contributed by atoms with Gasteiger partial charge in [-0.2, -0.15) is 0 Å². The summed E-state index contributed by atoms with van der Waals surface area (Å²) in [5, 5.41) is 0. The zero-order valence-corrected chi connectivity index (χ0v) is 5.68. The monoisotopic (exact) mass is 127 g/mol. The quantitative estimate of drug-likeness (QED) is 0.508. The van der Waals surface area contributed by atoms with Gasteiger partial charge in [0.1, 0.15) is 0 Å². The van der Waals surface area contributed by atoms with Crippen LogP contribution in [0, 0.1) is 0 Å². The van der Waals surface area contributed by atoms with Gasteiger partial charge in [-0.25, -0.2) is 0 Å². The predicted molar refractivity (Wildman–Crippen MR) is 35.4 cm³/mol.